The third-order valence-electron chi connectivity index (χ3n) is 7.08. The number of aromatic nitrogens is 2. The highest BCUT2D eigenvalue weighted by molar-refractivity contribution is 6.00. The molecule has 188 valence electrons. The third kappa shape index (κ3) is 4.47. The lowest BCUT2D eigenvalue weighted by Crippen LogP contribution is -2.36. The van der Waals surface area contributed by atoms with Gasteiger partial charge >= 0.3 is 0 Å². The number of benzene rings is 3. The Morgan fingerprint density at radius 1 is 1.03 bits per heavy atom. The fraction of sp³-hybridized carbons (Fsp3) is 0.267. The van der Waals surface area contributed by atoms with Crippen LogP contribution in [0.3, 0.4) is 0 Å². The molecule has 6 rings (SSSR count). The molecule has 1 amide bonds. The van der Waals surface area contributed by atoms with Crippen molar-refractivity contribution in [2.45, 2.75) is 31.6 Å². The maximum absolute atomic E-state index is 13.6. The predicted octanol–water partition coefficient (Wildman–Crippen LogP) is 5.39. The molecule has 2 aliphatic rings. The van der Waals surface area contributed by atoms with Gasteiger partial charge in [-0.15, -0.1) is 0 Å². The van der Waals surface area contributed by atoms with Gasteiger partial charge in [0.2, 0.25) is 0 Å². The summed E-state index contributed by atoms with van der Waals surface area (Å²) in [4.78, 5) is 15.5. The first-order chi connectivity index (χ1) is 18.2. The van der Waals surface area contributed by atoms with Crippen LogP contribution in [-0.2, 0) is 11.3 Å². The van der Waals surface area contributed by atoms with Crippen molar-refractivity contribution < 1.29 is 19.0 Å². The quantitative estimate of drug-likeness (QED) is 0.355. The molecule has 0 radical (unpaired) electrons. The number of amides is 1. The average molecular weight is 496 g/mol. The van der Waals surface area contributed by atoms with E-state index >= 15 is 0 Å². The van der Waals surface area contributed by atoms with Gasteiger partial charge in [-0.2, -0.15) is 5.10 Å². The fourth-order valence-electron chi connectivity index (χ4n) is 5.26. The molecule has 7 heteroatoms. The monoisotopic (exact) mass is 495 g/mol. The summed E-state index contributed by atoms with van der Waals surface area (Å²) in [6, 6.07) is 25.6. The predicted molar refractivity (Wildman–Crippen MR) is 140 cm³/mol. The molecule has 37 heavy (non-hydrogen) atoms. The number of carbonyl (C=O) groups excluding carboxylic acids is 1. The van der Waals surface area contributed by atoms with Gasteiger partial charge in [-0.25, -0.2) is 0 Å². The van der Waals surface area contributed by atoms with Crippen LogP contribution < -0.4 is 9.47 Å². The number of hydrogen-bond donors (Lipinski definition) is 1. The Hall–Kier alpha value is -4.10. The molecule has 0 aliphatic carbocycles. The molecule has 3 aromatic carbocycles. The molecule has 1 aromatic heterocycles. The van der Waals surface area contributed by atoms with E-state index in [4.69, 9.17) is 14.2 Å². The van der Waals surface area contributed by atoms with E-state index in [0.717, 1.165) is 47.4 Å². The van der Waals surface area contributed by atoms with Gasteiger partial charge in [-0.1, -0.05) is 66.7 Å². The Bertz CT molecular complexity index is 1380. The van der Waals surface area contributed by atoms with E-state index in [0.29, 0.717) is 30.3 Å². The second-order valence-corrected chi connectivity index (χ2v) is 9.41. The molecule has 7 nitrogen and oxygen atoms in total. The Morgan fingerprint density at radius 3 is 2.54 bits per heavy atom. The first kappa shape index (κ1) is 23.3. The van der Waals surface area contributed by atoms with Crippen molar-refractivity contribution in [1.29, 1.82) is 0 Å². The minimum Gasteiger partial charge on any atom is -0.493 e. The lowest BCUT2D eigenvalue weighted by Gasteiger charge is -2.29. The lowest BCUT2D eigenvalue weighted by atomic mass is 9.95. The number of ether oxygens (including phenoxy) is 3. The van der Waals surface area contributed by atoms with E-state index in [-0.39, 0.29) is 18.1 Å². The molecule has 2 aliphatic heterocycles. The van der Waals surface area contributed by atoms with Gasteiger partial charge in [-0.05, 0) is 36.1 Å². The smallest absolute Gasteiger partial charge is 0.273 e. The molecular formula is C30H29N3O4. The van der Waals surface area contributed by atoms with Crippen molar-refractivity contribution in [2.24, 2.45) is 0 Å². The summed E-state index contributed by atoms with van der Waals surface area (Å²) < 4.78 is 17.7. The highest BCUT2D eigenvalue weighted by Gasteiger charge is 2.43. The summed E-state index contributed by atoms with van der Waals surface area (Å²) in [5, 5.41) is 7.59. The molecule has 3 heterocycles. The van der Waals surface area contributed by atoms with Crippen LogP contribution in [0.2, 0.25) is 0 Å². The number of nitrogens with one attached hydrogen (secondary N) is 1. The average Bonchev–Trinajstić information content (AvgIpc) is 3.68. The summed E-state index contributed by atoms with van der Waals surface area (Å²) in [6.45, 7) is 1.70. The minimum atomic E-state index is -0.322. The molecule has 0 bridgehead atoms. The second-order valence-electron chi connectivity index (χ2n) is 9.41. The van der Waals surface area contributed by atoms with Crippen molar-refractivity contribution in [1.82, 2.24) is 15.1 Å². The SMILES string of the molecule is COc1cc(C2c3c(-c4ccccc4)n[nH]c3C(=O)N2CC2CCCO2)ccc1OCc1ccccc1. The zero-order valence-electron chi connectivity index (χ0n) is 20.7. The van der Waals surface area contributed by atoms with Crippen molar-refractivity contribution in [3.8, 4) is 22.8 Å². The van der Waals surface area contributed by atoms with Crippen LogP contribution in [0.1, 0.15) is 46.1 Å². The molecule has 2 atom stereocenters. The van der Waals surface area contributed by atoms with E-state index in [1.165, 1.54) is 0 Å². The van der Waals surface area contributed by atoms with Crippen molar-refractivity contribution in [2.75, 3.05) is 20.3 Å². The zero-order valence-corrected chi connectivity index (χ0v) is 20.7. The van der Waals surface area contributed by atoms with Gasteiger partial charge in [0.1, 0.15) is 12.3 Å². The van der Waals surface area contributed by atoms with E-state index < -0.39 is 0 Å². The van der Waals surface area contributed by atoms with Gasteiger partial charge in [0.25, 0.3) is 5.91 Å². The summed E-state index contributed by atoms with van der Waals surface area (Å²) in [5.74, 6) is 1.21. The Labute approximate surface area is 216 Å². The molecule has 0 saturated carbocycles. The number of aromatic amines is 1. The molecule has 1 N–H and O–H groups in total. The van der Waals surface area contributed by atoms with Crippen LogP contribution in [0, 0.1) is 0 Å². The summed E-state index contributed by atoms with van der Waals surface area (Å²) >= 11 is 0. The molecule has 1 fully saturated rings. The van der Waals surface area contributed by atoms with E-state index in [9.17, 15) is 4.79 Å². The second kappa shape index (κ2) is 10.1. The Morgan fingerprint density at radius 2 is 1.81 bits per heavy atom. The maximum atomic E-state index is 13.6. The van der Waals surface area contributed by atoms with Crippen molar-refractivity contribution in [3.63, 3.8) is 0 Å². The fourth-order valence-corrected chi connectivity index (χ4v) is 5.26. The number of nitrogens with zero attached hydrogens (tertiary/aromatic N) is 2. The van der Waals surface area contributed by atoms with Crippen molar-refractivity contribution >= 4 is 5.91 Å². The highest BCUT2D eigenvalue weighted by Crippen LogP contribution is 2.45. The molecule has 2 unspecified atom stereocenters. The first-order valence-electron chi connectivity index (χ1n) is 12.6. The van der Waals surface area contributed by atoms with Crippen LogP contribution >= 0.6 is 0 Å². The first-order valence-corrected chi connectivity index (χ1v) is 12.6. The summed E-state index contributed by atoms with van der Waals surface area (Å²) in [7, 11) is 1.64. The van der Waals surface area contributed by atoms with Gasteiger partial charge in [0.05, 0.1) is 24.9 Å². The van der Waals surface area contributed by atoms with Gasteiger partial charge in [0.15, 0.2) is 11.5 Å². The van der Waals surface area contributed by atoms with Crippen LogP contribution in [-0.4, -0.2) is 47.4 Å². The van der Waals surface area contributed by atoms with E-state index in [2.05, 4.69) is 10.2 Å². The number of hydrogen-bond acceptors (Lipinski definition) is 5. The molecule has 1 saturated heterocycles. The van der Waals surface area contributed by atoms with E-state index in [1.54, 1.807) is 7.11 Å². The van der Waals surface area contributed by atoms with Gasteiger partial charge in [0, 0.05) is 24.3 Å². The summed E-state index contributed by atoms with van der Waals surface area (Å²) in [6.07, 6.45) is 1.99. The maximum Gasteiger partial charge on any atom is 0.273 e. The molecule has 4 aromatic rings. The standard InChI is InChI=1S/C30H29N3O4/c1-35-25-17-22(14-15-24(25)37-19-20-9-4-2-5-10-20)29-26-27(21-11-6-3-7-12-21)31-32-28(26)30(34)33(29)18-23-13-8-16-36-23/h2-7,9-12,14-15,17,23,29H,8,13,16,18-19H2,1H3,(H,31,32). The normalized spacial score (nSPS) is 18.7. The Kier molecular flexibility index (Phi) is 6.37. The molecular weight excluding hydrogens is 466 g/mol. The lowest BCUT2D eigenvalue weighted by molar-refractivity contribution is 0.0495. The number of H-pyrrole nitrogens is 1. The summed E-state index contributed by atoms with van der Waals surface area (Å²) in [5.41, 5.74) is 5.18. The molecule has 0 spiro atoms. The van der Waals surface area contributed by atoms with E-state index in [1.807, 2.05) is 83.8 Å². The van der Waals surface area contributed by atoms with Gasteiger partial charge < -0.3 is 19.1 Å². The number of carbonyl (C=O) groups is 1. The van der Waals surface area contributed by atoms with Crippen LogP contribution in [0.25, 0.3) is 11.3 Å². The van der Waals surface area contributed by atoms with Crippen LogP contribution in [0.15, 0.2) is 78.9 Å². The van der Waals surface area contributed by atoms with Gasteiger partial charge in [-0.3, -0.25) is 9.89 Å². The number of rotatable bonds is 8. The van der Waals surface area contributed by atoms with Crippen LogP contribution in [0.4, 0.5) is 0 Å². The highest BCUT2D eigenvalue weighted by atomic mass is 16.5. The number of methoxy groups -OCH3 is 1. The minimum absolute atomic E-state index is 0.0268. The van der Waals surface area contributed by atoms with Crippen molar-refractivity contribution in [3.05, 3.63) is 101 Å². The Balaban J connectivity index is 1.38. The van der Waals surface area contributed by atoms with Crippen LogP contribution in [0.5, 0.6) is 11.5 Å². The number of fused-ring (bicyclic) bond motifs is 1. The topological polar surface area (TPSA) is 76.7 Å². The largest absolute Gasteiger partial charge is 0.493 e. The zero-order chi connectivity index (χ0) is 25.2. The third-order valence-corrected chi connectivity index (χ3v) is 7.08.